The molecular formula is C20H22O3. The number of Topliss-reactive ketones (excluding diaryl/α,β-unsaturated/α-hetero) is 1. The van der Waals surface area contributed by atoms with E-state index in [0.29, 0.717) is 12.2 Å². The monoisotopic (exact) mass is 310 g/mol. The number of methoxy groups -OCH3 is 2. The standard InChI is InChI=1S/C20H22O3/c1-22-16-10-6-14(7-11-16)20(18-4-3-5-19(18)21)15-8-12-17(23-2)13-9-15/h6-13,18,20H,3-5H2,1-2H3. The van der Waals surface area contributed by atoms with Crippen LogP contribution in [-0.4, -0.2) is 20.0 Å². The van der Waals surface area contributed by atoms with Crippen molar-refractivity contribution >= 4 is 5.78 Å². The average Bonchev–Trinajstić information content (AvgIpc) is 3.02. The molecule has 0 bridgehead atoms. The first kappa shape index (κ1) is 15.6. The molecule has 0 spiro atoms. The van der Waals surface area contributed by atoms with Crippen molar-refractivity contribution < 1.29 is 14.3 Å². The maximum Gasteiger partial charge on any atom is 0.136 e. The second kappa shape index (κ2) is 6.86. The number of ketones is 1. The van der Waals surface area contributed by atoms with Crippen molar-refractivity contribution in [3.05, 3.63) is 59.7 Å². The molecule has 1 saturated carbocycles. The normalized spacial score (nSPS) is 17.5. The number of carbonyl (C=O) groups is 1. The molecule has 0 radical (unpaired) electrons. The van der Waals surface area contributed by atoms with Gasteiger partial charge in [-0.1, -0.05) is 24.3 Å². The molecular weight excluding hydrogens is 288 g/mol. The van der Waals surface area contributed by atoms with E-state index in [1.807, 2.05) is 24.3 Å². The Morgan fingerprint density at radius 1 is 0.870 bits per heavy atom. The van der Waals surface area contributed by atoms with Gasteiger partial charge in [0.2, 0.25) is 0 Å². The third-order valence-electron chi connectivity index (χ3n) is 4.70. The molecule has 1 aliphatic rings. The predicted octanol–water partition coefficient (Wildman–Crippen LogP) is 4.20. The Hall–Kier alpha value is -2.29. The number of carbonyl (C=O) groups excluding carboxylic acids is 1. The van der Waals surface area contributed by atoms with E-state index < -0.39 is 0 Å². The highest BCUT2D eigenvalue weighted by atomic mass is 16.5. The van der Waals surface area contributed by atoms with Crippen molar-refractivity contribution in [3.8, 4) is 11.5 Å². The van der Waals surface area contributed by atoms with Crippen molar-refractivity contribution in [2.45, 2.75) is 25.2 Å². The van der Waals surface area contributed by atoms with Gasteiger partial charge < -0.3 is 9.47 Å². The number of benzene rings is 2. The minimum Gasteiger partial charge on any atom is -0.497 e. The Labute approximate surface area is 137 Å². The van der Waals surface area contributed by atoms with E-state index in [2.05, 4.69) is 24.3 Å². The minimum absolute atomic E-state index is 0.0665. The van der Waals surface area contributed by atoms with Crippen LogP contribution in [0.4, 0.5) is 0 Å². The van der Waals surface area contributed by atoms with Gasteiger partial charge in [0, 0.05) is 18.3 Å². The van der Waals surface area contributed by atoms with Gasteiger partial charge in [-0.3, -0.25) is 4.79 Å². The van der Waals surface area contributed by atoms with Crippen LogP contribution in [0.15, 0.2) is 48.5 Å². The predicted molar refractivity (Wildman–Crippen MR) is 90.2 cm³/mol. The Morgan fingerprint density at radius 2 is 1.35 bits per heavy atom. The zero-order valence-electron chi connectivity index (χ0n) is 13.6. The van der Waals surface area contributed by atoms with Gasteiger partial charge in [-0.05, 0) is 48.2 Å². The fourth-order valence-electron chi connectivity index (χ4n) is 3.47. The van der Waals surface area contributed by atoms with Gasteiger partial charge in [0.15, 0.2) is 0 Å². The van der Waals surface area contributed by atoms with Crippen LogP contribution in [0.5, 0.6) is 11.5 Å². The molecule has 1 atom stereocenters. The molecule has 3 rings (SSSR count). The van der Waals surface area contributed by atoms with Crippen molar-refractivity contribution in [2.75, 3.05) is 14.2 Å². The van der Waals surface area contributed by atoms with E-state index >= 15 is 0 Å². The number of hydrogen-bond acceptors (Lipinski definition) is 3. The summed E-state index contributed by atoms with van der Waals surface area (Å²) in [6.07, 6.45) is 2.65. The maximum absolute atomic E-state index is 12.4. The summed E-state index contributed by atoms with van der Waals surface area (Å²) in [4.78, 5) is 12.4. The SMILES string of the molecule is COc1ccc(C(c2ccc(OC)cc2)C2CCCC2=O)cc1. The van der Waals surface area contributed by atoms with Crippen LogP contribution in [0.3, 0.4) is 0 Å². The van der Waals surface area contributed by atoms with Crippen LogP contribution >= 0.6 is 0 Å². The summed E-state index contributed by atoms with van der Waals surface area (Å²) in [5.41, 5.74) is 2.33. The third kappa shape index (κ3) is 3.24. The fraction of sp³-hybridized carbons (Fsp3) is 0.350. The lowest BCUT2D eigenvalue weighted by Gasteiger charge is -2.24. The van der Waals surface area contributed by atoms with Crippen LogP contribution in [0.25, 0.3) is 0 Å². The first-order valence-electron chi connectivity index (χ1n) is 8.03. The van der Waals surface area contributed by atoms with Gasteiger partial charge in [0.25, 0.3) is 0 Å². The lowest BCUT2D eigenvalue weighted by atomic mass is 9.79. The van der Waals surface area contributed by atoms with E-state index in [0.717, 1.165) is 35.5 Å². The van der Waals surface area contributed by atoms with E-state index in [1.54, 1.807) is 14.2 Å². The molecule has 23 heavy (non-hydrogen) atoms. The fourth-order valence-corrected chi connectivity index (χ4v) is 3.47. The van der Waals surface area contributed by atoms with Gasteiger partial charge in [-0.2, -0.15) is 0 Å². The number of ether oxygens (including phenoxy) is 2. The van der Waals surface area contributed by atoms with Crippen molar-refractivity contribution in [2.24, 2.45) is 5.92 Å². The average molecular weight is 310 g/mol. The molecule has 0 amide bonds. The van der Waals surface area contributed by atoms with Gasteiger partial charge in [-0.15, -0.1) is 0 Å². The molecule has 1 aliphatic carbocycles. The van der Waals surface area contributed by atoms with E-state index in [-0.39, 0.29) is 11.8 Å². The summed E-state index contributed by atoms with van der Waals surface area (Å²) < 4.78 is 10.5. The molecule has 0 aliphatic heterocycles. The number of hydrogen-bond donors (Lipinski definition) is 0. The van der Waals surface area contributed by atoms with Crippen LogP contribution in [0.2, 0.25) is 0 Å². The first-order chi connectivity index (χ1) is 11.2. The van der Waals surface area contributed by atoms with Crippen molar-refractivity contribution in [3.63, 3.8) is 0 Å². The summed E-state index contributed by atoms with van der Waals surface area (Å²) in [7, 11) is 3.33. The largest absolute Gasteiger partial charge is 0.497 e. The smallest absolute Gasteiger partial charge is 0.136 e. The number of rotatable bonds is 5. The zero-order valence-corrected chi connectivity index (χ0v) is 13.6. The third-order valence-corrected chi connectivity index (χ3v) is 4.70. The Bertz CT molecular complexity index is 611. The highest BCUT2D eigenvalue weighted by Gasteiger charge is 2.34. The lowest BCUT2D eigenvalue weighted by Crippen LogP contribution is -2.18. The Balaban J connectivity index is 1.99. The van der Waals surface area contributed by atoms with Crippen LogP contribution in [0.1, 0.15) is 36.3 Å². The molecule has 3 heteroatoms. The second-order valence-electron chi connectivity index (χ2n) is 5.99. The maximum atomic E-state index is 12.4. The summed E-state index contributed by atoms with van der Waals surface area (Å²) in [5.74, 6) is 2.21. The van der Waals surface area contributed by atoms with Gasteiger partial charge in [0.05, 0.1) is 14.2 Å². The molecule has 120 valence electrons. The lowest BCUT2D eigenvalue weighted by molar-refractivity contribution is -0.121. The molecule has 2 aromatic rings. The van der Waals surface area contributed by atoms with Crippen LogP contribution in [-0.2, 0) is 4.79 Å². The summed E-state index contributed by atoms with van der Waals surface area (Å²) in [6, 6.07) is 16.1. The summed E-state index contributed by atoms with van der Waals surface area (Å²) in [6.45, 7) is 0. The van der Waals surface area contributed by atoms with Crippen LogP contribution in [0, 0.1) is 5.92 Å². The molecule has 1 unspecified atom stereocenters. The molecule has 0 aromatic heterocycles. The van der Waals surface area contributed by atoms with Crippen molar-refractivity contribution in [1.29, 1.82) is 0 Å². The van der Waals surface area contributed by atoms with E-state index in [1.165, 1.54) is 0 Å². The van der Waals surface area contributed by atoms with Gasteiger partial charge in [0.1, 0.15) is 17.3 Å². The first-order valence-corrected chi connectivity index (χ1v) is 8.03. The molecule has 0 N–H and O–H groups in total. The zero-order chi connectivity index (χ0) is 16.2. The van der Waals surface area contributed by atoms with Crippen LogP contribution < -0.4 is 9.47 Å². The summed E-state index contributed by atoms with van der Waals surface area (Å²) in [5, 5.41) is 0. The quantitative estimate of drug-likeness (QED) is 0.830. The molecule has 0 heterocycles. The highest BCUT2D eigenvalue weighted by molar-refractivity contribution is 5.84. The second-order valence-corrected chi connectivity index (χ2v) is 5.99. The van der Waals surface area contributed by atoms with Crippen molar-refractivity contribution in [1.82, 2.24) is 0 Å². The summed E-state index contributed by atoms with van der Waals surface area (Å²) >= 11 is 0. The Morgan fingerprint density at radius 3 is 1.70 bits per heavy atom. The molecule has 1 fully saturated rings. The molecule has 0 saturated heterocycles. The molecule has 2 aromatic carbocycles. The molecule has 3 nitrogen and oxygen atoms in total. The van der Waals surface area contributed by atoms with E-state index in [4.69, 9.17) is 9.47 Å². The van der Waals surface area contributed by atoms with Gasteiger partial charge in [-0.25, -0.2) is 0 Å². The minimum atomic E-state index is 0.0665. The van der Waals surface area contributed by atoms with Gasteiger partial charge >= 0.3 is 0 Å². The topological polar surface area (TPSA) is 35.5 Å². The Kier molecular flexibility index (Phi) is 4.65. The van der Waals surface area contributed by atoms with E-state index in [9.17, 15) is 4.79 Å². The highest BCUT2D eigenvalue weighted by Crippen LogP contribution is 2.40.